The second-order valence-electron chi connectivity index (χ2n) is 6.61. The maximum absolute atomic E-state index is 11.6. The quantitative estimate of drug-likeness (QED) is 0.555. The van der Waals surface area contributed by atoms with Crippen molar-refractivity contribution in [3.8, 4) is 10.8 Å². The van der Waals surface area contributed by atoms with E-state index in [2.05, 4.69) is 20.4 Å². The number of thioether (sulfide) groups is 1. The Hall–Kier alpha value is -1.72. The molecule has 27 heavy (non-hydrogen) atoms. The van der Waals surface area contributed by atoms with E-state index in [1.807, 2.05) is 36.1 Å². The molecule has 1 saturated heterocycles. The van der Waals surface area contributed by atoms with Gasteiger partial charge in [0, 0.05) is 13.5 Å². The van der Waals surface area contributed by atoms with Crippen LogP contribution in [0, 0.1) is 5.92 Å². The first-order valence-electron chi connectivity index (χ1n) is 8.54. The lowest BCUT2D eigenvalue weighted by Crippen LogP contribution is -2.11. The van der Waals surface area contributed by atoms with Crippen molar-refractivity contribution in [1.82, 2.24) is 25.0 Å². The average Bonchev–Trinajstić information content (AvgIpc) is 3.38. The van der Waals surface area contributed by atoms with Gasteiger partial charge >= 0.3 is 0 Å². The Morgan fingerprint density at radius 2 is 2.22 bits per heavy atom. The molecule has 1 aliphatic rings. The summed E-state index contributed by atoms with van der Waals surface area (Å²) in [7, 11) is -0.981. The number of sulfone groups is 1. The summed E-state index contributed by atoms with van der Waals surface area (Å²) in [6, 6.07) is 3.89. The van der Waals surface area contributed by atoms with Crippen LogP contribution in [0.25, 0.3) is 10.8 Å². The van der Waals surface area contributed by atoms with E-state index in [0.717, 1.165) is 15.9 Å². The summed E-state index contributed by atoms with van der Waals surface area (Å²) in [6.07, 6.45) is 1.32. The molecule has 2 atom stereocenters. The molecule has 0 saturated carbocycles. The summed E-state index contributed by atoms with van der Waals surface area (Å²) in [4.78, 5) is 0.943. The molecule has 0 unspecified atom stereocenters. The molecule has 8 nitrogen and oxygen atoms in total. The molecule has 144 valence electrons. The van der Waals surface area contributed by atoms with E-state index in [4.69, 9.17) is 4.42 Å². The number of thiophene rings is 1. The van der Waals surface area contributed by atoms with Gasteiger partial charge in [-0.15, -0.1) is 31.7 Å². The van der Waals surface area contributed by atoms with E-state index in [0.29, 0.717) is 24.6 Å². The van der Waals surface area contributed by atoms with E-state index in [1.54, 1.807) is 11.3 Å². The Morgan fingerprint density at radius 1 is 1.37 bits per heavy atom. The van der Waals surface area contributed by atoms with Gasteiger partial charge in [0.05, 0.1) is 21.6 Å². The van der Waals surface area contributed by atoms with Crippen LogP contribution in [0.5, 0.6) is 0 Å². The molecule has 0 aromatic carbocycles. The SMILES string of the molecule is C[C@@H](Sc1nnc(C[C@H]2CCS(=O)(=O)C2)n1C)c1nnc(-c2cccs2)o1. The summed E-state index contributed by atoms with van der Waals surface area (Å²) in [5, 5.41) is 19.4. The van der Waals surface area contributed by atoms with Gasteiger partial charge in [-0.05, 0) is 30.7 Å². The zero-order valence-electron chi connectivity index (χ0n) is 14.9. The van der Waals surface area contributed by atoms with Crippen LogP contribution < -0.4 is 0 Å². The van der Waals surface area contributed by atoms with Crippen molar-refractivity contribution < 1.29 is 12.8 Å². The van der Waals surface area contributed by atoms with Crippen molar-refractivity contribution in [2.75, 3.05) is 11.5 Å². The average molecular weight is 426 g/mol. The summed E-state index contributed by atoms with van der Waals surface area (Å²) in [5.41, 5.74) is 0. The van der Waals surface area contributed by atoms with Gasteiger partial charge in [0.2, 0.25) is 5.89 Å². The summed E-state index contributed by atoms with van der Waals surface area (Å²) in [5.74, 6) is 2.50. The van der Waals surface area contributed by atoms with Gasteiger partial charge in [-0.25, -0.2) is 8.42 Å². The fourth-order valence-corrected chi connectivity index (χ4v) is 6.39. The van der Waals surface area contributed by atoms with Crippen LogP contribution in [-0.4, -0.2) is 44.9 Å². The molecule has 11 heteroatoms. The zero-order valence-corrected chi connectivity index (χ0v) is 17.4. The third-order valence-corrected chi connectivity index (χ3v) is 8.34. The van der Waals surface area contributed by atoms with Gasteiger partial charge in [0.25, 0.3) is 5.89 Å². The van der Waals surface area contributed by atoms with Crippen molar-refractivity contribution >= 4 is 32.9 Å². The molecular weight excluding hydrogens is 406 g/mol. The fraction of sp³-hybridized carbons (Fsp3) is 0.500. The topological polar surface area (TPSA) is 104 Å². The minimum Gasteiger partial charge on any atom is -0.419 e. The normalized spacial score (nSPS) is 20.1. The predicted octanol–water partition coefficient (Wildman–Crippen LogP) is 2.76. The standard InChI is InChI=1S/C16H19N5O3S3/c1-10(14-18-19-15(24-14)12-4-3-6-25-12)26-16-20-17-13(21(16)2)8-11-5-7-27(22,23)9-11/h3-4,6,10-11H,5,7-9H2,1-2H3/t10-,11-/m1/s1. The van der Waals surface area contributed by atoms with Crippen molar-refractivity contribution in [2.45, 2.75) is 30.2 Å². The molecule has 0 radical (unpaired) electrons. The zero-order chi connectivity index (χ0) is 19.0. The van der Waals surface area contributed by atoms with E-state index in [1.165, 1.54) is 11.8 Å². The number of aromatic nitrogens is 5. The number of rotatable bonds is 6. The molecule has 1 fully saturated rings. The van der Waals surface area contributed by atoms with Gasteiger partial charge in [0.15, 0.2) is 15.0 Å². The minimum atomic E-state index is -2.88. The van der Waals surface area contributed by atoms with Crippen molar-refractivity contribution in [3.63, 3.8) is 0 Å². The molecule has 0 amide bonds. The Bertz CT molecular complexity index is 1030. The first-order chi connectivity index (χ1) is 12.9. The van der Waals surface area contributed by atoms with Gasteiger partial charge in [-0.1, -0.05) is 17.8 Å². The Labute approximate surface area is 165 Å². The second-order valence-corrected chi connectivity index (χ2v) is 11.1. The fourth-order valence-electron chi connectivity index (χ4n) is 3.02. The summed E-state index contributed by atoms with van der Waals surface area (Å²) in [6.45, 7) is 1.98. The van der Waals surface area contributed by atoms with Crippen molar-refractivity contribution in [2.24, 2.45) is 13.0 Å². The monoisotopic (exact) mass is 425 g/mol. The van der Waals surface area contributed by atoms with Crippen LogP contribution >= 0.6 is 23.1 Å². The molecular formula is C16H19N5O3S3. The van der Waals surface area contributed by atoms with Crippen LogP contribution in [-0.2, 0) is 23.3 Å². The summed E-state index contributed by atoms with van der Waals surface area (Å²) < 4.78 is 31.0. The Morgan fingerprint density at radius 3 is 2.93 bits per heavy atom. The highest BCUT2D eigenvalue weighted by Gasteiger charge is 2.29. The van der Waals surface area contributed by atoms with E-state index in [9.17, 15) is 8.42 Å². The predicted molar refractivity (Wildman–Crippen MR) is 103 cm³/mol. The number of hydrogen-bond donors (Lipinski definition) is 0. The number of nitrogens with zero attached hydrogens (tertiary/aromatic N) is 5. The largest absolute Gasteiger partial charge is 0.419 e. The lowest BCUT2D eigenvalue weighted by Gasteiger charge is -2.09. The molecule has 1 aliphatic heterocycles. The van der Waals surface area contributed by atoms with Crippen LogP contribution in [0.1, 0.15) is 30.3 Å². The lowest BCUT2D eigenvalue weighted by atomic mass is 10.1. The highest BCUT2D eigenvalue weighted by Crippen LogP contribution is 2.35. The van der Waals surface area contributed by atoms with Crippen LogP contribution in [0.2, 0.25) is 0 Å². The van der Waals surface area contributed by atoms with Gasteiger partial charge in [-0.3, -0.25) is 0 Å². The maximum atomic E-state index is 11.6. The molecule has 0 bridgehead atoms. The van der Waals surface area contributed by atoms with E-state index >= 15 is 0 Å². The van der Waals surface area contributed by atoms with E-state index in [-0.39, 0.29) is 22.7 Å². The highest BCUT2D eigenvalue weighted by atomic mass is 32.2. The lowest BCUT2D eigenvalue weighted by molar-refractivity contribution is 0.509. The molecule has 3 aromatic rings. The molecule has 4 rings (SSSR count). The molecule has 0 aliphatic carbocycles. The molecule has 0 N–H and O–H groups in total. The Balaban J connectivity index is 1.43. The molecule has 4 heterocycles. The van der Waals surface area contributed by atoms with Crippen LogP contribution in [0.3, 0.4) is 0 Å². The van der Waals surface area contributed by atoms with Gasteiger partial charge in [-0.2, -0.15) is 0 Å². The van der Waals surface area contributed by atoms with Gasteiger partial charge in [0.1, 0.15) is 5.82 Å². The van der Waals surface area contributed by atoms with Gasteiger partial charge < -0.3 is 8.98 Å². The molecule has 0 spiro atoms. The first kappa shape index (κ1) is 18.6. The Kier molecular flexibility index (Phi) is 5.08. The highest BCUT2D eigenvalue weighted by molar-refractivity contribution is 7.99. The number of hydrogen-bond acceptors (Lipinski definition) is 9. The van der Waals surface area contributed by atoms with E-state index < -0.39 is 9.84 Å². The second kappa shape index (κ2) is 7.36. The van der Waals surface area contributed by atoms with Crippen molar-refractivity contribution in [3.05, 3.63) is 29.2 Å². The minimum absolute atomic E-state index is 0.0752. The third kappa shape index (κ3) is 4.09. The first-order valence-corrected chi connectivity index (χ1v) is 12.1. The maximum Gasteiger partial charge on any atom is 0.257 e. The third-order valence-electron chi connectivity index (χ3n) is 4.53. The van der Waals surface area contributed by atoms with Crippen molar-refractivity contribution in [1.29, 1.82) is 0 Å². The van der Waals surface area contributed by atoms with Crippen LogP contribution in [0.15, 0.2) is 27.1 Å². The van der Waals surface area contributed by atoms with Crippen LogP contribution in [0.4, 0.5) is 0 Å². The molecule has 3 aromatic heterocycles. The smallest absolute Gasteiger partial charge is 0.257 e. The summed E-state index contributed by atoms with van der Waals surface area (Å²) >= 11 is 3.04.